The van der Waals surface area contributed by atoms with E-state index >= 15 is 0 Å². The molecule has 0 amide bonds. The lowest BCUT2D eigenvalue weighted by Gasteiger charge is -2.37. The van der Waals surface area contributed by atoms with Crippen LogP contribution in [0.1, 0.15) is 13.3 Å². The Balaban J connectivity index is 3.01. The highest BCUT2D eigenvalue weighted by molar-refractivity contribution is 5.76. The van der Waals surface area contributed by atoms with Crippen LogP contribution in [0.4, 0.5) is 0 Å². The Morgan fingerprint density at radius 3 is 2.58 bits per heavy atom. The summed E-state index contributed by atoms with van der Waals surface area (Å²) in [5, 5.41) is 3.52. The molecular weight excluding hydrogens is 258 g/mol. The Labute approximate surface area is 109 Å². The van der Waals surface area contributed by atoms with Gasteiger partial charge in [0.1, 0.15) is 6.10 Å². The minimum atomic E-state index is -1.19. The highest BCUT2D eigenvalue weighted by atomic mass is 16.7. The fourth-order valence-electron chi connectivity index (χ4n) is 1.80. The van der Waals surface area contributed by atoms with E-state index in [0.29, 0.717) is 0 Å². The second kappa shape index (κ2) is 6.93. The van der Waals surface area contributed by atoms with E-state index in [9.17, 15) is 9.59 Å². The van der Waals surface area contributed by atoms with E-state index in [4.69, 9.17) is 19.7 Å². The smallest absolute Gasteiger partial charge is 0.339 e. The quantitative estimate of drug-likeness (QED) is 0.319. The Hall–Kier alpha value is -1.83. The average Bonchev–Trinajstić information content (AvgIpc) is 2.39. The van der Waals surface area contributed by atoms with Gasteiger partial charge in [-0.15, -0.1) is 0 Å². The first-order valence-corrected chi connectivity index (χ1v) is 5.51. The van der Waals surface area contributed by atoms with Gasteiger partial charge in [-0.2, -0.15) is 0 Å². The van der Waals surface area contributed by atoms with Gasteiger partial charge in [-0.05, 0) is 5.53 Å². The van der Waals surface area contributed by atoms with Crippen LogP contribution in [0.3, 0.4) is 0 Å². The third-order valence-electron chi connectivity index (χ3n) is 2.61. The maximum Gasteiger partial charge on any atom is 0.339 e. The van der Waals surface area contributed by atoms with Crippen molar-refractivity contribution in [1.29, 1.82) is 0 Å². The van der Waals surface area contributed by atoms with Crippen molar-refractivity contribution in [2.24, 2.45) is 5.11 Å². The molecule has 19 heavy (non-hydrogen) atoms. The number of rotatable bonds is 4. The summed E-state index contributed by atoms with van der Waals surface area (Å²) in [4.78, 5) is 25.4. The van der Waals surface area contributed by atoms with E-state index in [-0.39, 0.29) is 6.42 Å². The zero-order chi connectivity index (χ0) is 14.4. The Bertz CT molecular complexity index is 395. The molecule has 0 spiro atoms. The van der Waals surface area contributed by atoms with Gasteiger partial charge >= 0.3 is 11.9 Å². The predicted octanol–water partition coefficient (Wildman–Crippen LogP) is 0.531. The molecule has 0 aromatic rings. The fraction of sp³-hybridized carbons (Fsp3) is 0.800. The van der Waals surface area contributed by atoms with Crippen molar-refractivity contribution in [3.63, 3.8) is 0 Å². The van der Waals surface area contributed by atoms with Gasteiger partial charge < -0.3 is 18.9 Å². The second-order valence-corrected chi connectivity index (χ2v) is 3.83. The minimum Gasteiger partial charge on any atom is -0.467 e. The Morgan fingerprint density at radius 1 is 1.42 bits per heavy atom. The van der Waals surface area contributed by atoms with E-state index in [0.717, 1.165) is 0 Å². The molecule has 1 aliphatic heterocycles. The van der Waals surface area contributed by atoms with E-state index in [2.05, 4.69) is 14.8 Å². The van der Waals surface area contributed by atoms with E-state index in [1.165, 1.54) is 21.1 Å². The van der Waals surface area contributed by atoms with Crippen molar-refractivity contribution in [2.45, 2.75) is 37.9 Å². The summed E-state index contributed by atoms with van der Waals surface area (Å²) in [6, 6.07) is -0.767. The number of nitrogens with zero attached hydrogens (tertiary/aromatic N) is 3. The zero-order valence-electron chi connectivity index (χ0n) is 10.8. The summed E-state index contributed by atoms with van der Waals surface area (Å²) < 4.78 is 19.9. The summed E-state index contributed by atoms with van der Waals surface area (Å²) in [6.07, 6.45) is -2.80. The fourth-order valence-corrected chi connectivity index (χ4v) is 1.80. The van der Waals surface area contributed by atoms with Gasteiger partial charge in [0.2, 0.25) is 0 Å². The SMILES string of the molecule is COC(=O)[C@H]1O[C@@H](OC)C[C@@H](N=[N+]=[N-])[C@@H]1OC(C)=O. The van der Waals surface area contributed by atoms with Crippen LogP contribution in [0.25, 0.3) is 10.4 Å². The number of hydrogen-bond acceptors (Lipinski definition) is 7. The highest BCUT2D eigenvalue weighted by Crippen LogP contribution is 2.26. The van der Waals surface area contributed by atoms with Crippen LogP contribution in [0.5, 0.6) is 0 Å². The number of methoxy groups -OCH3 is 2. The van der Waals surface area contributed by atoms with Gasteiger partial charge in [-0.25, -0.2) is 4.79 Å². The average molecular weight is 273 g/mol. The van der Waals surface area contributed by atoms with Crippen LogP contribution in [0, 0.1) is 0 Å². The van der Waals surface area contributed by atoms with Gasteiger partial charge in [0, 0.05) is 25.4 Å². The summed E-state index contributed by atoms with van der Waals surface area (Å²) in [5.74, 6) is -1.34. The molecule has 4 atom stereocenters. The molecule has 0 aliphatic carbocycles. The molecule has 0 unspecified atom stereocenters. The summed E-state index contributed by atoms with van der Waals surface area (Å²) in [6.45, 7) is 1.18. The number of esters is 2. The van der Waals surface area contributed by atoms with E-state index in [1.54, 1.807) is 0 Å². The summed E-state index contributed by atoms with van der Waals surface area (Å²) in [7, 11) is 2.56. The molecule has 9 nitrogen and oxygen atoms in total. The molecule has 1 rings (SSSR count). The van der Waals surface area contributed by atoms with Crippen LogP contribution in [0.2, 0.25) is 0 Å². The monoisotopic (exact) mass is 273 g/mol. The molecule has 0 aromatic carbocycles. The van der Waals surface area contributed by atoms with Gasteiger partial charge in [0.25, 0.3) is 0 Å². The Kier molecular flexibility index (Phi) is 5.56. The Morgan fingerprint density at radius 2 is 2.11 bits per heavy atom. The predicted molar refractivity (Wildman–Crippen MR) is 60.8 cm³/mol. The maximum atomic E-state index is 11.6. The molecule has 1 fully saturated rings. The van der Waals surface area contributed by atoms with Crippen LogP contribution < -0.4 is 0 Å². The number of carbonyl (C=O) groups is 2. The van der Waals surface area contributed by atoms with E-state index in [1.807, 2.05) is 0 Å². The van der Waals surface area contributed by atoms with Crippen LogP contribution in [-0.4, -0.2) is 50.7 Å². The molecule has 9 heteroatoms. The largest absolute Gasteiger partial charge is 0.467 e. The standard InChI is InChI=1S/C10H15N3O6/c1-5(14)18-8-6(12-13-11)4-7(16-2)19-9(8)10(15)17-3/h6-9H,4H2,1-3H3/t6-,7-,8+,9+/m1/s1. The van der Waals surface area contributed by atoms with Crippen LogP contribution in [0.15, 0.2) is 5.11 Å². The van der Waals surface area contributed by atoms with Gasteiger partial charge in [0.15, 0.2) is 12.4 Å². The molecule has 0 radical (unpaired) electrons. The third kappa shape index (κ3) is 3.82. The second-order valence-electron chi connectivity index (χ2n) is 3.83. The maximum absolute atomic E-state index is 11.6. The van der Waals surface area contributed by atoms with Crippen molar-refractivity contribution in [3.05, 3.63) is 10.4 Å². The molecule has 1 aliphatic rings. The van der Waals surface area contributed by atoms with Crippen molar-refractivity contribution >= 4 is 11.9 Å². The molecule has 0 aromatic heterocycles. The summed E-state index contributed by atoms with van der Waals surface area (Å²) in [5.41, 5.74) is 8.53. The molecule has 106 valence electrons. The lowest BCUT2D eigenvalue weighted by Crippen LogP contribution is -2.53. The molecule has 1 saturated heterocycles. The first-order valence-electron chi connectivity index (χ1n) is 5.51. The number of hydrogen-bond donors (Lipinski definition) is 0. The third-order valence-corrected chi connectivity index (χ3v) is 2.61. The van der Waals surface area contributed by atoms with Crippen molar-refractivity contribution in [3.8, 4) is 0 Å². The normalized spacial score (nSPS) is 30.1. The van der Waals surface area contributed by atoms with E-state index < -0.39 is 36.5 Å². The zero-order valence-corrected chi connectivity index (χ0v) is 10.8. The van der Waals surface area contributed by atoms with Crippen molar-refractivity contribution in [2.75, 3.05) is 14.2 Å². The number of azide groups is 1. The molecule has 0 saturated carbocycles. The summed E-state index contributed by atoms with van der Waals surface area (Å²) >= 11 is 0. The highest BCUT2D eigenvalue weighted by Gasteiger charge is 2.45. The first-order chi connectivity index (χ1) is 9.03. The van der Waals surface area contributed by atoms with Crippen LogP contribution in [-0.2, 0) is 28.5 Å². The van der Waals surface area contributed by atoms with Gasteiger partial charge in [-0.3, -0.25) is 4.79 Å². The lowest BCUT2D eigenvalue weighted by molar-refractivity contribution is -0.231. The van der Waals surface area contributed by atoms with Crippen molar-refractivity contribution in [1.82, 2.24) is 0 Å². The molecular formula is C10H15N3O6. The van der Waals surface area contributed by atoms with Gasteiger partial charge in [0.05, 0.1) is 13.2 Å². The van der Waals surface area contributed by atoms with Crippen LogP contribution >= 0.6 is 0 Å². The molecule has 0 N–H and O–H groups in total. The minimum absolute atomic E-state index is 0.173. The number of carbonyl (C=O) groups excluding carboxylic acids is 2. The first kappa shape index (κ1) is 15.2. The molecule has 1 heterocycles. The molecule has 0 bridgehead atoms. The van der Waals surface area contributed by atoms with Crippen molar-refractivity contribution < 1.29 is 28.5 Å². The number of ether oxygens (including phenoxy) is 4. The topological polar surface area (TPSA) is 120 Å². The van der Waals surface area contributed by atoms with Gasteiger partial charge in [-0.1, -0.05) is 5.11 Å². The lowest BCUT2D eigenvalue weighted by atomic mass is 9.99.